The number of morpholine rings is 1. The predicted molar refractivity (Wildman–Crippen MR) is 119 cm³/mol. The Balaban J connectivity index is 1.68. The molecule has 1 aliphatic rings. The van der Waals surface area contributed by atoms with Gasteiger partial charge in [-0.3, -0.25) is 14.6 Å². The molecule has 0 aliphatic carbocycles. The molecule has 0 spiro atoms. The van der Waals surface area contributed by atoms with Crippen LogP contribution in [0.1, 0.15) is 21.5 Å². The topological polar surface area (TPSA) is 45.7 Å². The van der Waals surface area contributed by atoms with E-state index in [0.717, 1.165) is 48.6 Å². The Kier molecular flexibility index (Phi) is 6.15. The first-order valence-corrected chi connectivity index (χ1v) is 11.0. The molecule has 0 bridgehead atoms. The smallest absolute Gasteiger partial charge is 0.261 e. The number of amides is 1. The standard InChI is InChI=1S/C22H24ClN3O2S/c1-15-7-8-19-20(16(15)2)24-22(29-19)26(10-9-25-11-13-28-14-12-25)21(27)17-5-3-4-6-18(17)23/h3-8H,9-14H2,1-2H3. The molecule has 0 saturated carbocycles. The normalized spacial score (nSPS) is 15.0. The zero-order valence-corrected chi connectivity index (χ0v) is 18.2. The number of hydrogen-bond acceptors (Lipinski definition) is 5. The molecule has 1 aromatic heterocycles. The Morgan fingerprint density at radius 1 is 1.21 bits per heavy atom. The fraction of sp³-hybridized carbons (Fsp3) is 0.364. The van der Waals surface area contributed by atoms with Crippen molar-refractivity contribution in [3.05, 3.63) is 58.1 Å². The predicted octanol–water partition coefficient (Wildman–Crippen LogP) is 4.55. The van der Waals surface area contributed by atoms with Crippen LogP contribution in [0.3, 0.4) is 0 Å². The molecule has 152 valence electrons. The highest BCUT2D eigenvalue weighted by atomic mass is 35.5. The van der Waals surface area contributed by atoms with Gasteiger partial charge in [0.05, 0.1) is 34.0 Å². The summed E-state index contributed by atoms with van der Waals surface area (Å²) in [4.78, 5) is 22.4. The van der Waals surface area contributed by atoms with Crippen LogP contribution in [-0.4, -0.2) is 55.2 Å². The molecule has 29 heavy (non-hydrogen) atoms. The molecule has 0 unspecified atom stereocenters. The molecule has 3 aromatic rings. The Morgan fingerprint density at radius 3 is 2.72 bits per heavy atom. The van der Waals surface area contributed by atoms with Crippen LogP contribution in [0.5, 0.6) is 0 Å². The number of carbonyl (C=O) groups excluding carboxylic acids is 1. The van der Waals surface area contributed by atoms with E-state index < -0.39 is 0 Å². The van der Waals surface area contributed by atoms with Crippen molar-refractivity contribution in [1.29, 1.82) is 0 Å². The van der Waals surface area contributed by atoms with E-state index in [1.54, 1.807) is 28.4 Å². The average molecular weight is 430 g/mol. The quantitative estimate of drug-likeness (QED) is 0.597. The minimum Gasteiger partial charge on any atom is -0.379 e. The van der Waals surface area contributed by atoms with E-state index in [4.69, 9.17) is 21.3 Å². The number of anilines is 1. The summed E-state index contributed by atoms with van der Waals surface area (Å²) in [7, 11) is 0. The van der Waals surface area contributed by atoms with Crippen LogP contribution in [0.4, 0.5) is 5.13 Å². The van der Waals surface area contributed by atoms with Crippen LogP contribution in [0.25, 0.3) is 10.2 Å². The van der Waals surface area contributed by atoms with Gasteiger partial charge in [0.2, 0.25) is 0 Å². The third-order valence-corrected chi connectivity index (χ3v) is 6.77. The molecule has 7 heteroatoms. The largest absolute Gasteiger partial charge is 0.379 e. The summed E-state index contributed by atoms with van der Waals surface area (Å²) < 4.78 is 6.53. The van der Waals surface area contributed by atoms with Crippen molar-refractivity contribution in [2.45, 2.75) is 13.8 Å². The molecule has 1 amide bonds. The van der Waals surface area contributed by atoms with E-state index >= 15 is 0 Å². The maximum absolute atomic E-state index is 13.4. The Bertz CT molecular complexity index is 1030. The van der Waals surface area contributed by atoms with Gasteiger partial charge in [-0.1, -0.05) is 41.1 Å². The van der Waals surface area contributed by atoms with Crippen LogP contribution < -0.4 is 4.90 Å². The SMILES string of the molecule is Cc1ccc2sc(N(CCN3CCOCC3)C(=O)c3ccccc3Cl)nc2c1C. The van der Waals surface area contributed by atoms with Crippen LogP contribution in [0.2, 0.25) is 5.02 Å². The Hall–Kier alpha value is -1.99. The number of benzene rings is 2. The van der Waals surface area contributed by atoms with E-state index in [9.17, 15) is 4.79 Å². The van der Waals surface area contributed by atoms with Gasteiger partial charge in [0, 0.05) is 26.2 Å². The molecule has 2 aromatic carbocycles. The Morgan fingerprint density at radius 2 is 1.97 bits per heavy atom. The molecular weight excluding hydrogens is 406 g/mol. The number of fused-ring (bicyclic) bond motifs is 1. The number of nitrogens with zero attached hydrogens (tertiary/aromatic N) is 3. The second-order valence-corrected chi connectivity index (χ2v) is 8.66. The fourth-order valence-electron chi connectivity index (χ4n) is 3.46. The highest BCUT2D eigenvalue weighted by Gasteiger charge is 2.24. The highest BCUT2D eigenvalue weighted by molar-refractivity contribution is 7.22. The zero-order chi connectivity index (χ0) is 20.4. The number of rotatable bonds is 5. The van der Waals surface area contributed by atoms with Gasteiger partial charge < -0.3 is 4.74 Å². The molecule has 0 atom stereocenters. The van der Waals surface area contributed by atoms with Gasteiger partial charge in [-0.25, -0.2) is 4.98 Å². The summed E-state index contributed by atoms with van der Waals surface area (Å²) in [5, 5.41) is 1.17. The molecule has 1 saturated heterocycles. The summed E-state index contributed by atoms with van der Waals surface area (Å²) in [6.07, 6.45) is 0. The van der Waals surface area contributed by atoms with Crippen LogP contribution in [0, 0.1) is 13.8 Å². The molecule has 1 aliphatic heterocycles. The molecule has 5 nitrogen and oxygen atoms in total. The van der Waals surface area contributed by atoms with Gasteiger partial charge in [-0.2, -0.15) is 0 Å². The van der Waals surface area contributed by atoms with Crippen molar-refractivity contribution in [2.24, 2.45) is 0 Å². The maximum Gasteiger partial charge on any atom is 0.261 e. The third kappa shape index (κ3) is 4.31. The van der Waals surface area contributed by atoms with Crippen molar-refractivity contribution >= 4 is 44.2 Å². The summed E-state index contributed by atoms with van der Waals surface area (Å²) in [5.41, 5.74) is 3.83. The zero-order valence-electron chi connectivity index (χ0n) is 16.7. The van der Waals surface area contributed by atoms with Gasteiger partial charge in [0.15, 0.2) is 5.13 Å². The molecular formula is C22H24ClN3O2S. The summed E-state index contributed by atoms with van der Waals surface area (Å²) in [6.45, 7) is 8.72. The lowest BCUT2D eigenvalue weighted by Gasteiger charge is -2.29. The lowest BCUT2D eigenvalue weighted by molar-refractivity contribution is 0.0391. The number of ether oxygens (including phenoxy) is 1. The van der Waals surface area contributed by atoms with Crippen molar-refractivity contribution in [2.75, 3.05) is 44.3 Å². The second-order valence-electron chi connectivity index (χ2n) is 7.24. The van der Waals surface area contributed by atoms with Crippen molar-refractivity contribution in [3.8, 4) is 0 Å². The number of halogens is 1. The van der Waals surface area contributed by atoms with Gasteiger partial charge in [-0.15, -0.1) is 0 Å². The number of thiazole rings is 1. The van der Waals surface area contributed by atoms with Crippen molar-refractivity contribution < 1.29 is 9.53 Å². The van der Waals surface area contributed by atoms with E-state index in [-0.39, 0.29) is 5.91 Å². The molecule has 0 N–H and O–H groups in total. The lowest BCUT2D eigenvalue weighted by atomic mass is 10.1. The van der Waals surface area contributed by atoms with Gasteiger partial charge >= 0.3 is 0 Å². The average Bonchev–Trinajstić information content (AvgIpc) is 3.17. The number of aromatic nitrogens is 1. The van der Waals surface area contributed by atoms with Gasteiger partial charge in [-0.05, 0) is 43.2 Å². The molecule has 2 heterocycles. The summed E-state index contributed by atoms with van der Waals surface area (Å²) in [5.74, 6) is -0.114. The van der Waals surface area contributed by atoms with E-state index in [1.807, 2.05) is 12.1 Å². The first-order chi connectivity index (χ1) is 14.0. The second kappa shape index (κ2) is 8.79. The van der Waals surface area contributed by atoms with Crippen LogP contribution >= 0.6 is 22.9 Å². The van der Waals surface area contributed by atoms with Crippen molar-refractivity contribution in [1.82, 2.24) is 9.88 Å². The van der Waals surface area contributed by atoms with E-state index in [2.05, 4.69) is 30.9 Å². The summed E-state index contributed by atoms with van der Waals surface area (Å²) in [6, 6.07) is 11.4. The maximum atomic E-state index is 13.4. The highest BCUT2D eigenvalue weighted by Crippen LogP contribution is 2.33. The van der Waals surface area contributed by atoms with Crippen LogP contribution in [-0.2, 0) is 4.74 Å². The van der Waals surface area contributed by atoms with Crippen molar-refractivity contribution in [3.63, 3.8) is 0 Å². The third-order valence-electron chi connectivity index (χ3n) is 5.40. The summed E-state index contributed by atoms with van der Waals surface area (Å²) >= 11 is 7.88. The van der Waals surface area contributed by atoms with Gasteiger partial charge in [0.1, 0.15) is 0 Å². The minimum atomic E-state index is -0.114. The molecule has 4 rings (SSSR count). The van der Waals surface area contributed by atoms with Crippen LogP contribution in [0.15, 0.2) is 36.4 Å². The van der Waals surface area contributed by atoms with Gasteiger partial charge in [0.25, 0.3) is 5.91 Å². The first-order valence-electron chi connectivity index (χ1n) is 9.78. The molecule has 1 fully saturated rings. The minimum absolute atomic E-state index is 0.114. The fourth-order valence-corrected chi connectivity index (χ4v) is 4.73. The first kappa shape index (κ1) is 20.3. The number of aryl methyl sites for hydroxylation is 2. The monoisotopic (exact) mass is 429 g/mol. The Labute approximate surface area is 179 Å². The van der Waals surface area contributed by atoms with E-state index in [0.29, 0.717) is 22.3 Å². The number of hydrogen-bond donors (Lipinski definition) is 0. The lowest BCUT2D eigenvalue weighted by Crippen LogP contribution is -2.43. The number of carbonyl (C=O) groups is 1. The molecule has 0 radical (unpaired) electrons. The van der Waals surface area contributed by atoms with E-state index in [1.165, 1.54) is 5.56 Å².